The summed E-state index contributed by atoms with van der Waals surface area (Å²) < 4.78 is 0. The molecule has 1 heteroatoms. The number of unbranched alkanes of at least 4 members (excludes halogenated alkanes) is 38. The van der Waals surface area contributed by atoms with Crippen LogP contribution in [0.3, 0.4) is 0 Å². The van der Waals surface area contributed by atoms with Crippen LogP contribution in [0.5, 0.6) is 0 Å². The van der Waals surface area contributed by atoms with E-state index in [1.807, 2.05) is 0 Å². The molecule has 0 unspecified atom stereocenters. The van der Waals surface area contributed by atoms with Crippen molar-refractivity contribution in [3.05, 3.63) is 0 Å². The maximum atomic E-state index is 6.00. The van der Waals surface area contributed by atoms with Gasteiger partial charge in [0.15, 0.2) is 0 Å². The van der Waals surface area contributed by atoms with Crippen LogP contribution in [0, 0.1) is 5.41 Å². The molecule has 0 aliphatic carbocycles. The average molecular weight is 718 g/mol. The van der Waals surface area contributed by atoms with Crippen molar-refractivity contribution in [3.63, 3.8) is 0 Å². The van der Waals surface area contributed by atoms with Crippen LogP contribution < -0.4 is 5.73 Å². The van der Waals surface area contributed by atoms with Gasteiger partial charge in [-0.1, -0.05) is 284 Å². The maximum Gasteiger partial charge on any atom is -0.00771 e. The van der Waals surface area contributed by atoms with Gasteiger partial charge in [-0.3, -0.25) is 0 Å². The second-order valence-corrected chi connectivity index (χ2v) is 17.7. The molecule has 0 aromatic heterocycles. The second kappa shape index (κ2) is 44.4. The minimum atomic E-state index is 0.585. The largest absolute Gasteiger partial charge is 0.330 e. The van der Waals surface area contributed by atoms with Gasteiger partial charge in [0.1, 0.15) is 0 Å². The molecule has 0 radical (unpaired) electrons. The monoisotopic (exact) mass is 718 g/mol. The van der Waals surface area contributed by atoms with Crippen LogP contribution in [0.25, 0.3) is 0 Å². The fraction of sp³-hybridized carbons (Fsp3) is 1.00. The third-order valence-corrected chi connectivity index (χ3v) is 12.8. The summed E-state index contributed by atoms with van der Waals surface area (Å²) >= 11 is 0. The molecule has 0 aromatic rings. The van der Waals surface area contributed by atoms with Crippen LogP contribution in [0.2, 0.25) is 0 Å². The summed E-state index contributed by atoms with van der Waals surface area (Å²) in [5, 5.41) is 0. The van der Waals surface area contributed by atoms with E-state index in [4.69, 9.17) is 5.73 Å². The molecule has 0 aromatic carbocycles. The highest BCUT2D eigenvalue weighted by Gasteiger charge is 2.26. The maximum absolute atomic E-state index is 6.00. The van der Waals surface area contributed by atoms with E-state index in [0.29, 0.717) is 5.41 Å². The van der Waals surface area contributed by atoms with E-state index in [1.165, 1.54) is 289 Å². The van der Waals surface area contributed by atoms with Crippen molar-refractivity contribution in [1.82, 2.24) is 0 Å². The quantitative estimate of drug-likeness (QED) is 0.0623. The van der Waals surface area contributed by atoms with Gasteiger partial charge in [0, 0.05) is 0 Å². The molecule has 308 valence electrons. The highest BCUT2D eigenvalue weighted by atomic mass is 14.5. The summed E-state index contributed by atoms with van der Waals surface area (Å²) in [4.78, 5) is 0. The zero-order chi connectivity index (χ0) is 37.0. The fourth-order valence-corrected chi connectivity index (χ4v) is 8.89. The molecule has 0 amide bonds. The van der Waals surface area contributed by atoms with Crippen molar-refractivity contribution < 1.29 is 0 Å². The zero-order valence-corrected chi connectivity index (χ0v) is 36.6. The normalized spacial score (nSPS) is 12.0. The predicted octanol–water partition coefficient (Wildman–Crippen LogP) is 18.5. The molecular formula is C50H103N. The van der Waals surface area contributed by atoms with E-state index >= 15 is 0 Å². The molecule has 1 nitrogen and oxygen atoms in total. The standard InChI is InChI=1S/C50H103N/c1-4-7-9-11-13-15-17-19-21-23-25-27-29-31-33-35-37-39-41-43-46-50(6-3,48-45-49-51)47-44-42-40-38-36-34-32-30-28-26-24-22-20-18-16-14-12-10-8-5-2/h4-49,51H2,1-3H3. The van der Waals surface area contributed by atoms with Crippen molar-refractivity contribution in [2.45, 2.75) is 310 Å². The van der Waals surface area contributed by atoms with Crippen LogP contribution >= 0.6 is 0 Å². The average Bonchev–Trinajstić information content (AvgIpc) is 3.15. The lowest BCUT2D eigenvalue weighted by Crippen LogP contribution is -2.21. The number of rotatable bonds is 46. The van der Waals surface area contributed by atoms with Gasteiger partial charge in [-0.25, -0.2) is 0 Å². The van der Waals surface area contributed by atoms with Gasteiger partial charge >= 0.3 is 0 Å². The Morgan fingerprint density at radius 2 is 0.412 bits per heavy atom. The van der Waals surface area contributed by atoms with Crippen LogP contribution in [0.1, 0.15) is 310 Å². The summed E-state index contributed by atoms with van der Waals surface area (Å²) in [6.45, 7) is 7.98. The van der Waals surface area contributed by atoms with Crippen molar-refractivity contribution in [2.75, 3.05) is 6.54 Å². The Labute approximate surface area is 326 Å². The van der Waals surface area contributed by atoms with Crippen molar-refractivity contribution in [3.8, 4) is 0 Å². The van der Waals surface area contributed by atoms with Gasteiger partial charge in [-0.05, 0) is 37.6 Å². The lowest BCUT2D eigenvalue weighted by Gasteiger charge is -2.33. The molecule has 0 spiro atoms. The number of hydrogen-bond acceptors (Lipinski definition) is 1. The number of hydrogen-bond donors (Lipinski definition) is 1. The van der Waals surface area contributed by atoms with Crippen LogP contribution in [-0.4, -0.2) is 6.54 Å². The van der Waals surface area contributed by atoms with Crippen LogP contribution in [-0.2, 0) is 0 Å². The summed E-state index contributed by atoms with van der Waals surface area (Å²) in [6.07, 6.45) is 65.7. The van der Waals surface area contributed by atoms with Gasteiger partial charge in [-0.15, -0.1) is 0 Å². The predicted molar refractivity (Wildman–Crippen MR) is 236 cm³/mol. The lowest BCUT2D eigenvalue weighted by molar-refractivity contribution is 0.189. The van der Waals surface area contributed by atoms with E-state index in [9.17, 15) is 0 Å². The molecule has 0 heterocycles. The smallest absolute Gasteiger partial charge is 0.00771 e. The molecule has 0 aliphatic rings. The summed E-state index contributed by atoms with van der Waals surface area (Å²) in [5.74, 6) is 0. The lowest BCUT2D eigenvalue weighted by atomic mass is 9.72. The van der Waals surface area contributed by atoms with Gasteiger partial charge < -0.3 is 5.73 Å². The van der Waals surface area contributed by atoms with Gasteiger partial charge in [-0.2, -0.15) is 0 Å². The third-order valence-electron chi connectivity index (χ3n) is 12.8. The van der Waals surface area contributed by atoms with Crippen molar-refractivity contribution in [2.24, 2.45) is 11.1 Å². The number of nitrogens with two attached hydrogens (primary N) is 1. The first-order valence-corrected chi connectivity index (χ1v) is 24.9. The zero-order valence-electron chi connectivity index (χ0n) is 36.6. The highest BCUT2D eigenvalue weighted by molar-refractivity contribution is 4.78. The molecule has 0 fully saturated rings. The van der Waals surface area contributed by atoms with E-state index in [2.05, 4.69) is 20.8 Å². The van der Waals surface area contributed by atoms with Crippen LogP contribution in [0.4, 0.5) is 0 Å². The van der Waals surface area contributed by atoms with Crippen molar-refractivity contribution >= 4 is 0 Å². The summed E-state index contributed by atoms with van der Waals surface area (Å²) in [5.41, 5.74) is 6.59. The Kier molecular flexibility index (Phi) is 44.3. The first-order valence-electron chi connectivity index (χ1n) is 24.9. The minimum Gasteiger partial charge on any atom is -0.330 e. The Morgan fingerprint density at radius 1 is 0.235 bits per heavy atom. The fourth-order valence-electron chi connectivity index (χ4n) is 8.89. The molecule has 0 saturated carbocycles. The SMILES string of the molecule is CCCCCCCCCCCCCCCCCCCCCCC(CC)(CCCN)CCCCCCCCCCCCCCCCCCCCCC. The molecule has 0 saturated heterocycles. The van der Waals surface area contributed by atoms with E-state index in [-0.39, 0.29) is 0 Å². The Balaban J connectivity index is 3.63. The van der Waals surface area contributed by atoms with E-state index < -0.39 is 0 Å². The first-order chi connectivity index (χ1) is 25.2. The summed E-state index contributed by atoms with van der Waals surface area (Å²) in [7, 11) is 0. The Bertz CT molecular complexity index is 554. The topological polar surface area (TPSA) is 26.0 Å². The molecule has 0 bridgehead atoms. The molecule has 2 N–H and O–H groups in total. The third kappa shape index (κ3) is 39.5. The van der Waals surface area contributed by atoms with E-state index in [1.54, 1.807) is 0 Å². The van der Waals surface area contributed by atoms with Crippen molar-refractivity contribution in [1.29, 1.82) is 0 Å². The molecule has 51 heavy (non-hydrogen) atoms. The van der Waals surface area contributed by atoms with Gasteiger partial charge in [0.25, 0.3) is 0 Å². The minimum absolute atomic E-state index is 0.585. The van der Waals surface area contributed by atoms with Gasteiger partial charge in [0.05, 0.1) is 0 Å². The first kappa shape index (κ1) is 51.0. The highest BCUT2D eigenvalue weighted by Crippen LogP contribution is 2.39. The molecule has 0 rings (SSSR count). The summed E-state index contributed by atoms with van der Waals surface area (Å²) in [6, 6.07) is 0. The Morgan fingerprint density at radius 3 is 0.588 bits per heavy atom. The van der Waals surface area contributed by atoms with E-state index in [0.717, 1.165) is 6.54 Å². The molecule has 0 aliphatic heterocycles. The second-order valence-electron chi connectivity index (χ2n) is 17.7. The van der Waals surface area contributed by atoms with Gasteiger partial charge in [0.2, 0.25) is 0 Å². The Hall–Kier alpha value is -0.0400. The molecule has 0 atom stereocenters. The molecular weight excluding hydrogens is 615 g/mol. The van der Waals surface area contributed by atoms with Crippen LogP contribution in [0.15, 0.2) is 0 Å².